The van der Waals surface area contributed by atoms with Crippen molar-refractivity contribution < 1.29 is 17.6 Å². The van der Waals surface area contributed by atoms with Gasteiger partial charge in [0.2, 0.25) is 0 Å². The number of benzene rings is 1. The summed E-state index contributed by atoms with van der Waals surface area (Å²) in [6, 6.07) is 8.59. The van der Waals surface area contributed by atoms with E-state index in [-0.39, 0.29) is 22.3 Å². The van der Waals surface area contributed by atoms with E-state index in [0.29, 0.717) is 16.9 Å². The van der Waals surface area contributed by atoms with Gasteiger partial charge in [0.15, 0.2) is 5.76 Å². The van der Waals surface area contributed by atoms with E-state index in [9.17, 15) is 13.2 Å². The van der Waals surface area contributed by atoms with Gasteiger partial charge in [-0.05, 0) is 26.0 Å². The molecule has 0 saturated heterocycles. The Morgan fingerprint density at radius 3 is 2.36 bits per heavy atom. The molecule has 0 aliphatic heterocycles. The molecule has 9 heteroatoms. The Morgan fingerprint density at radius 1 is 1.11 bits per heavy atom. The summed E-state index contributed by atoms with van der Waals surface area (Å²) in [4.78, 5) is 13.7. The first-order valence-corrected chi connectivity index (χ1v) is 9.98. The number of anilines is 1. The second kappa shape index (κ2) is 7.16. The van der Waals surface area contributed by atoms with Crippen molar-refractivity contribution in [1.82, 2.24) is 15.1 Å². The molecule has 3 rings (SSSR count). The molecule has 0 unspecified atom stereocenters. The molecule has 2 aromatic heterocycles. The van der Waals surface area contributed by atoms with Gasteiger partial charge in [-0.1, -0.05) is 17.7 Å². The molecule has 0 radical (unpaired) electrons. The number of nitrogens with zero attached hydrogens (tertiary/aromatic N) is 3. The number of aromatic nitrogens is 2. The summed E-state index contributed by atoms with van der Waals surface area (Å²) in [6.07, 6.45) is 1.39. The monoisotopic (exact) mass is 402 g/mol. The highest BCUT2D eigenvalue weighted by Gasteiger charge is 2.29. The molecular formula is C19H22N4O4S. The van der Waals surface area contributed by atoms with Crippen LogP contribution in [0, 0.1) is 13.8 Å². The van der Waals surface area contributed by atoms with Crippen LogP contribution in [-0.4, -0.2) is 50.6 Å². The molecule has 0 aliphatic carbocycles. The van der Waals surface area contributed by atoms with Crippen molar-refractivity contribution in [1.29, 1.82) is 0 Å². The smallest absolute Gasteiger partial charge is 0.267 e. The van der Waals surface area contributed by atoms with Crippen molar-refractivity contribution in [2.75, 3.05) is 25.4 Å². The molecule has 0 bridgehead atoms. The van der Waals surface area contributed by atoms with Crippen molar-refractivity contribution in [3.8, 4) is 11.5 Å². The highest BCUT2D eigenvalue weighted by molar-refractivity contribution is 7.92. The van der Waals surface area contributed by atoms with Crippen molar-refractivity contribution >= 4 is 21.6 Å². The first-order valence-electron chi connectivity index (χ1n) is 8.54. The predicted octanol–water partition coefficient (Wildman–Crippen LogP) is 2.81. The van der Waals surface area contributed by atoms with E-state index in [1.54, 1.807) is 33.2 Å². The van der Waals surface area contributed by atoms with Crippen LogP contribution in [0.3, 0.4) is 0 Å². The number of amides is 1. The third-order valence-electron chi connectivity index (χ3n) is 4.43. The molecule has 1 aromatic carbocycles. The van der Waals surface area contributed by atoms with Crippen molar-refractivity contribution in [2.45, 2.75) is 18.7 Å². The number of hydrogen-bond donors (Lipinski definition) is 1. The average Bonchev–Trinajstić information content (AvgIpc) is 3.27. The van der Waals surface area contributed by atoms with Crippen molar-refractivity contribution in [2.24, 2.45) is 0 Å². The molecule has 3 aromatic rings. The van der Waals surface area contributed by atoms with Gasteiger partial charge in [-0.3, -0.25) is 14.2 Å². The Bertz CT molecular complexity index is 1110. The number of hydrogen-bond acceptors (Lipinski definition) is 5. The van der Waals surface area contributed by atoms with Crippen LogP contribution >= 0.6 is 0 Å². The van der Waals surface area contributed by atoms with Gasteiger partial charge in [-0.2, -0.15) is 5.10 Å². The maximum absolute atomic E-state index is 13.1. The van der Waals surface area contributed by atoms with Crippen LogP contribution in [-0.2, 0) is 10.0 Å². The molecule has 1 N–H and O–H groups in total. The molecule has 148 valence electrons. The molecular weight excluding hydrogens is 380 g/mol. The molecule has 28 heavy (non-hydrogen) atoms. The second-order valence-electron chi connectivity index (χ2n) is 6.70. The predicted molar refractivity (Wildman–Crippen MR) is 106 cm³/mol. The Labute approximate surface area is 163 Å². The summed E-state index contributed by atoms with van der Waals surface area (Å²) in [5, 5.41) is 6.62. The summed E-state index contributed by atoms with van der Waals surface area (Å²) in [5.74, 6) is 0.196. The molecule has 0 aliphatic rings. The van der Waals surface area contributed by atoms with Crippen LogP contribution in [0.25, 0.3) is 11.5 Å². The maximum Gasteiger partial charge on any atom is 0.267 e. The van der Waals surface area contributed by atoms with Crippen LogP contribution < -0.4 is 4.31 Å². The maximum atomic E-state index is 13.1. The molecule has 0 saturated carbocycles. The molecule has 8 nitrogen and oxygen atoms in total. The third kappa shape index (κ3) is 3.40. The van der Waals surface area contributed by atoms with Gasteiger partial charge in [0.1, 0.15) is 16.3 Å². The number of H-pyrrole nitrogens is 1. The Kier molecular flexibility index (Phi) is 5.03. The molecule has 0 spiro atoms. The SMILES string of the molecule is Cc1ccc(N(C)S(=O)(=O)c2cc(-c3[nH]ncc3C(=O)N(C)C)oc2C)cc1. The Balaban J connectivity index is 2.02. The van der Waals surface area contributed by atoms with Crippen LogP contribution in [0.2, 0.25) is 0 Å². The van der Waals surface area contributed by atoms with Crippen LogP contribution in [0.15, 0.2) is 45.8 Å². The number of carbonyl (C=O) groups excluding carboxylic acids is 1. The van der Waals surface area contributed by atoms with E-state index in [1.165, 1.54) is 28.5 Å². The fraction of sp³-hybridized carbons (Fsp3) is 0.263. The number of rotatable bonds is 5. The third-order valence-corrected chi connectivity index (χ3v) is 6.32. The van der Waals surface area contributed by atoms with E-state index >= 15 is 0 Å². The summed E-state index contributed by atoms with van der Waals surface area (Å²) >= 11 is 0. The number of nitrogens with one attached hydrogen (secondary N) is 1. The second-order valence-corrected chi connectivity index (χ2v) is 8.64. The molecule has 1 amide bonds. The summed E-state index contributed by atoms with van der Waals surface area (Å²) in [7, 11) is 0.892. The Hall–Kier alpha value is -3.07. The van der Waals surface area contributed by atoms with Crippen LogP contribution in [0.1, 0.15) is 21.7 Å². The highest BCUT2D eigenvalue weighted by atomic mass is 32.2. The van der Waals surface area contributed by atoms with Gasteiger partial charge in [-0.25, -0.2) is 8.42 Å². The minimum absolute atomic E-state index is 0.0310. The number of furan rings is 1. The van der Waals surface area contributed by atoms with Gasteiger partial charge < -0.3 is 9.32 Å². The molecule has 0 atom stereocenters. The number of carbonyl (C=O) groups is 1. The van der Waals surface area contributed by atoms with E-state index < -0.39 is 10.0 Å². The van der Waals surface area contributed by atoms with Gasteiger partial charge >= 0.3 is 0 Å². The lowest BCUT2D eigenvalue weighted by Crippen LogP contribution is -2.26. The minimum atomic E-state index is -3.85. The number of aromatic amines is 1. The number of aryl methyl sites for hydroxylation is 2. The molecule has 0 fully saturated rings. The van der Waals surface area contributed by atoms with E-state index in [4.69, 9.17) is 4.42 Å². The highest BCUT2D eigenvalue weighted by Crippen LogP contribution is 2.32. The van der Waals surface area contributed by atoms with Crippen LogP contribution in [0.4, 0.5) is 5.69 Å². The van der Waals surface area contributed by atoms with Gasteiger partial charge in [0.05, 0.1) is 17.4 Å². The van der Waals surface area contributed by atoms with E-state index in [1.807, 2.05) is 19.1 Å². The Morgan fingerprint density at radius 2 is 1.75 bits per heavy atom. The fourth-order valence-electron chi connectivity index (χ4n) is 2.76. The van der Waals surface area contributed by atoms with Gasteiger partial charge in [0, 0.05) is 27.2 Å². The lowest BCUT2D eigenvalue weighted by Gasteiger charge is -2.19. The summed E-state index contributed by atoms with van der Waals surface area (Å²) in [6.45, 7) is 3.50. The van der Waals surface area contributed by atoms with Crippen LogP contribution in [0.5, 0.6) is 0 Å². The largest absolute Gasteiger partial charge is 0.458 e. The number of sulfonamides is 1. The zero-order chi connectivity index (χ0) is 20.6. The minimum Gasteiger partial charge on any atom is -0.458 e. The first-order chi connectivity index (χ1) is 13.1. The van der Waals surface area contributed by atoms with Crippen molar-refractivity contribution in [3.05, 3.63) is 53.4 Å². The van der Waals surface area contributed by atoms with E-state index in [2.05, 4.69) is 10.2 Å². The zero-order valence-electron chi connectivity index (χ0n) is 16.3. The lowest BCUT2D eigenvalue weighted by atomic mass is 10.2. The summed E-state index contributed by atoms with van der Waals surface area (Å²) < 4.78 is 33.1. The lowest BCUT2D eigenvalue weighted by molar-refractivity contribution is 0.0828. The molecule has 2 heterocycles. The summed E-state index contributed by atoms with van der Waals surface area (Å²) in [5.41, 5.74) is 2.21. The standard InChI is InChI=1S/C19H22N4O4S/c1-12-6-8-14(9-7-12)23(5)28(25,26)17-10-16(27-13(17)2)18-15(11-20-21-18)19(24)22(3)4/h6-11H,1-5H3,(H,20,21). The van der Waals surface area contributed by atoms with Gasteiger partial charge in [0.25, 0.3) is 15.9 Å². The zero-order valence-corrected chi connectivity index (χ0v) is 17.2. The topological polar surface area (TPSA) is 99.5 Å². The first kappa shape index (κ1) is 19.7. The quantitative estimate of drug-likeness (QED) is 0.707. The average molecular weight is 402 g/mol. The normalized spacial score (nSPS) is 11.5. The van der Waals surface area contributed by atoms with Gasteiger partial charge in [-0.15, -0.1) is 0 Å². The fourth-order valence-corrected chi connectivity index (χ4v) is 4.12. The van der Waals surface area contributed by atoms with E-state index in [0.717, 1.165) is 5.56 Å². The van der Waals surface area contributed by atoms with Crippen molar-refractivity contribution in [3.63, 3.8) is 0 Å².